The maximum absolute atomic E-state index is 12.5. The molecule has 0 unspecified atom stereocenters. The molecule has 0 atom stereocenters. The Hall–Kier alpha value is -1.60. The van der Waals surface area contributed by atoms with Crippen molar-refractivity contribution >= 4 is 28.2 Å². The number of aromatic hydroxyl groups is 1. The van der Waals surface area contributed by atoms with Crippen LogP contribution in [0.2, 0.25) is 0 Å². The second-order valence-electron chi connectivity index (χ2n) is 3.50. The predicted molar refractivity (Wildman–Crippen MR) is 64.4 cm³/mol. The number of carbonyl (C=O) groups is 1. The number of alkyl halides is 3. The van der Waals surface area contributed by atoms with E-state index in [4.69, 9.17) is 11.6 Å². The standard InChI is InChI=1S/C11H5ClF3NO2S/c12-10(18)5-1-2-6(17)9(16-5)7-3-4-8(19-7)11(13,14)15/h1-4,17H. The van der Waals surface area contributed by atoms with Gasteiger partial charge in [0.05, 0.1) is 4.88 Å². The van der Waals surface area contributed by atoms with Crippen molar-refractivity contribution in [3.63, 3.8) is 0 Å². The van der Waals surface area contributed by atoms with Gasteiger partial charge in [0.1, 0.15) is 22.0 Å². The number of carbonyl (C=O) groups excluding carboxylic acids is 1. The van der Waals surface area contributed by atoms with Crippen LogP contribution in [0.15, 0.2) is 24.3 Å². The minimum absolute atomic E-state index is 0.101. The van der Waals surface area contributed by atoms with E-state index in [0.717, 1.165) is 12.1 Å². The number of halogens is 4. The van der Waals surface area contributed by atoms with Crippen LogP contribution < -0.4 is 0 Å². The van der Waals surface area contributed by atoms with Crippen LogP contribution in [-0.2, 0) is 6.18 Å². The van der Waals surface area contributed by atoms with Gasteiger partial charge >= 0.3 is 6.18 Å². The third kappa shape index (κ3) is 2.87. The SMILES string of the molecule is O=C(Cl)c1ccc(O)c(-c2ccc(C(F)(F)F)s2)n1. The fourth-order valence-corrected chi connectivity index (χ4v) is 2.34. The molecule has 2 heterocycles. The van der Waals surface area contributed by atoms with E-state index in [0.29, 0.717) is 11.3 Å². The van der Waals surface area contributed by atoms with Crippen molar-refractivity contribution < 1.29 is 23.1 Å². The summed E-state index contributed by atoms with van der Waals surface area (Å²) in [5.41, 5.74) is -0.247. The number of pyridine rings is 1. The van der Waals surface area contributed by atoms with Crippen LogP contribution in [0.5, 0.6) is 5.75 Å². The van der Waals surface area contributed by atoms with Crippen molar-refractivity contribution in [3.05, 3.63) is 34.8 Å². The minimum atomic E-state index is -4.46. The van der Waals surface area contributed by atoms with Crippen LogP contribution in [0.4, 0.5) is 13.2 Å². The highest BCUT2D eigenvalue weighted by atomic mass is 35.5. The zero-order valence-electron chi connectivity index (χ0n) is 9.03. The molecule has 0 fully saturated rings. The Bertz CT molecular complexity index is 639. The van der Waals surface area contributed by atoms with E-state index < -0.39 is 16.3 Å². The molecule has 0 spiro atoms. The highest BCUT2D eigenvalue weighted by Crippen LogP contribution is 2.40. The van der Waals surface area contributed by atoms with E-state index in [1.54, 1.807) is 0 Å². The molecule has 2 aromatic rings. The first-order chi connectivity index (χ1) is 8.79. The molecule has 1 N–H and O–H groups in total. The highest BCUT2D eigenvalue weighted by Gasteiger charge is 2.32. The molecule has 8 heteroatoms. The summed E-state index contributed by atoms with van der Waals surface area (Å²) in [6.45, 7) is 0. The van der Waals surface area contributed by atoms with Crippen molar-refractivity contribution in [1.82, 2.24) is 4.98 Å². The van der Waals surface area contributed by atoms with Crippen molar-refractivity contribution in [2.24, 2.45) is 0 Å². The van der Waals surface area contributed by atoms with Gasteiger partial charge in [-0.3, -0.25) is 4.79 Å². The largest absolute Gasteiger partial charge is 0.506 e. The third-order valence-electron chi connectivity index (χ3n) is 2.19. The predicted octanol–water partition coefficient (Wildman–Crippen LogP) is 3.91. The monoisotopic (exact) mass is 307 g/mol. The molecular formula is C11H5ClF3NO2S. The summed E-state index contributed by atoms with van der Waals surface area (Å²) in [5.74, 6) is -0.322. The number of rotatable bonds is 2. The molecule has 100 valence electrons. The normalized spacial score (nSPS) is 11.6. The van der Waals surface area contributed by atoms with Crippen LogP contribution in [-0.4, -0.2) is 15.3 Å². The fraction of sp³-hybridized carbons (Fsp3) is 0.0909. The highest BCUT2D eigenvalue weighted by molar-refractivity contribution is 7.15. The molecule has 0 aliphatic rings. The summed E-state index contributed by atoms with van der Waals surface area (Å²) in [5, 5.41) is 8.74. The molecule has 0 amide bonds. The topological polar surface area (TPSA) is 50.2 Å². The van der Waals surface area contributed by atoms with E-state index in [2.05, 4.69) is 4.98 Å². The summed E-state index contributed by atoms with van der Waals surface area (Å²) in [6, 6.07) is 4.41. The van der Waals surface area contributed by atoms with E-state index in [1.807, 2.05) is 0 Å². The molecule has 0 aliphatic carbocycles. The van der Waals surface area contributed by atoms with E-state index in [1.165, 1.54) is 12.1 Å². The average Bonchev–Trinajstić information content (AvgIpc) is 2.78. The number of aromatic nitrogens is 1. The van der Waals surface area contributed by atoms with E-state index in [9.17, 15) is 23.1 Å². The number of hydrogen-bond donors (Lipinski definition) is 1. The molecule has 2 aromatic heterocycles. The molecule has 0 saturated carbocycles. The van der Waals surface area contributed by atoms with Crippen molar-refractivity contribution in [2.75, 3.05) is 0 Å². The summed E-state index contributed by atoms with van der Waals surface area (Å²) in [6.07, 6.45) is -4.46. The molecular weight excluding hydrogens is 303 g/mol. The van der Waals surface area contributed by atoms with Crippen molar-refractivity contribution in [3.8, 4) is 16.3 Å². The summed E-state index contributed by atoms with van der Waals surface area (Å²) in [7, 11) is 0. The fourth-order valence-electron chi connectivity index (χ4n) is 1.36. The van der Waals surface area contributed by atoms with Crippen LogP contribution >= 0.6 is 22.9 Å². The minimum Gasteiger partial charge on any atom is -0.506 e. The molecule has 0 aliphatic heterocycles. The molecule has 3 nitrogen and oxygen atoms in total. The number of thiophene rings is 1. The number of hydrogen-bond acceptors (Lipinski definition) is 4. The van der Waals surface area contributed by atoms with Gasteiger partial charge in [0.25, 0.3) is 5.24 Å². The Balaban J connectivity index is 2.49. The first kappa shape index (κ1) is 13.8. The molecule has 0 saturated heterocycles. The lowest BCUT2D eigenvalue weighted by Gasteiger charge is -2.03. The summed E-state index contributed by atoms with van der Waals surface area (Å²) >= 11 is 5.66. The van der Waals surface area contributed by atoms with E-state index >= 15 is 0 Å². The Morgan fingerprint density at radius 1 is 1.26 bits per heavy atom. The van der Waals surface area contributed by atoms with Gasteiger partial charge < -0.3 is 5.11 Å². The van der Waals surface area contributed by atoms with Gasteiger partial charge in [-0.25, -0.2) is 4.98 Å². The van der Waals surface area contributed by atoms with Crippen LogP contribution in [0, 0.1) is 0 Å². The zero-order chi connectivity index (χ0) is 14.2. The van der Waals surface area contributed by atoms with Crippen LogP contribution in [0.25, 0.3) is 10.6 Å². The van der Waals surface area contributed by atoms with Crippen LogP contribution in [0.1, 0.15) is 15.4 Å². The molecule has 0 aromatic carbocycles. The molecule has 0 radical (unpaired) electrons. The molecule has 19 heavy (non-hydrogen) atoms. The number of nitrogens with zero attached hydrogens (tertiary/aromatic N) is 1. The van der Waals surface area contributed by atoms with Crippen LogP contribution in [0.3, 0.4) is 0 Å². The van der Waals surface area contributed by atoms with Crippen molar-refractivity contribution in [1.29, 1.82) is 0 Å². The Labute approximate surface area is 114 Å². The first-order valence-corrected chi connectivity index (χ1v) is 6.05. The lowest BCUT2D eigenvalue weighted by Crippen LogP contribution is -2.00. The summed E-state index contributed by atoms with van der Waals surface area (Å²) < 4.78 is 37.4. The lowest BCUT2D eigenvalue weighted by atomic mass is 10.2. The Morgan fingerprint density at radius 3 is 2.47 bits per heavy atom. The maximum Gasteiger partial charge on any atom is 0.425 e. The van der Waals surface area contributed by atoms with Gasteiger partial charge in [-0.2, -0.15) is 13.2 Å². The van der Waals surface area contributed by atoms with E-state index in [-0.39, 0.29) is 22.0 Å². The second-order valence-corrected chi connectivity index (χ2v) is 4.93. The second kappa shape index (κ2) is 4.82. The summed E-state index contributed by atoms with van der Waals surface area (Å²) in [4.78, 5) is 14.0. The Morgan fingerprint density at radius 2 is 1.95 bits per heavy atom. The lowest BCUT2D eigenvalue weighted by molar-refractivity contribution is -0.134. The van der Waals surface area contributed by atoms with Gasteiger partial charge in [-0.15, -0.1) is 11.3 Å². The van der Waals surface area contributed by atoms with Gasteiger partial charge in [0.2, 0.25) is 0 Å². The maximum atomic E-state index is 12.5. The average molecular weight is 308 g/mol. The van der Waals surface area contributed by atoms with Crippen molar-refractivity contribution in [2.45, 2.75) is 6.18 Å². The Kier molecular flexibility index (Phi) is 3.51. The van der Waals surface area contributed by atoms with Gasteiger partial charge in [0, 0.05) is 0 Å². The third-order valence-corrected chi connectivity index (χ3v) is 3.52. The van der Waals surface area contributed by atoms with Gasteiger partial charge in [-0.05, 0) is 35.9 Å². The quantitative estimate of drug-likeness (QED) is 0.856. The first-order valence-electron chi connectivity index (χ1n) is 4.86. The van der Waals surface area contributed by atoms with Gasteiger partial charge in [-0.1, -0.05) is 0 Å². The molecule has 2 rings (SSSR count). The van der Waals surface area contributed by atoms with Gasteiger partial charge in [0.15, 0.2) is 0 Å². The zero-order valence-corrected chi connectivity index (χ0v) is 10.6. The smallest absolute Gasteiger partial charge is 0.425 e. The molecule has 0 bridgehead atoms.